The van der Waals surface area contributed by atoms with Crippen LogP contribution in [0, 0.1) is 0 Å². The Morgan fingerprint density at radius 1 is 0.677 bits per heavy atom. The minimum atomic E-state index is -0.620. The van der Waals surface area contributed by atoms with Gasteiger partial charge in [0.25, 0.3) is 0 Å². The van der Waals surface area contributed by atoms with Crippen LogP contribution in [0.1, 0.15) is 17.2 Å². The minimum Gasteiger partial charge on any atom is -0.497 e. The van der Waals surface area contributed by atoms with Gasteiger partial charge in [0.1, 0.15) is 11.5 Å². The molecular formula is C26H21NO4. The zero-order valence-corrected chi connectivity index (χ0v) is 16.9. The number of ether oxygens (including phenoxy) is 2. The maximum absolute atomic E-state index is 12.2. The van der Waals surface area contributed by atoms with Gasteiger partial charge in [-0.05, 0) is 35.4 Å². The van der Waals surface area contributed by atoms with E-state index in [0.29, 0.717) is 17.2 Å². The van der Waals surface area contributed by atoms with Crippen LogP contribution >= 0.6 is 0 Å². The van der Waals surface area contributed by atoms with E-state index >= 15 is 0 Å². The van der Waals surface area contributed by atoms with E-state index in [2.05, 4.69) is 5.32 Å². The van der Waals surface area contributed by atoms with Gasteiger partial charge in [0.2, 0.25) is 11.6 Å². The van der Waals surface area contributed by atoms with E-state index in [0.717, 1.165) is 11.1 Å². The maximum Gasteiger partial charge on any atom is 0.229 e. The largest absolute Gasteiger partial charge is 0.497 e. The quantitative estimate of drug-likeness (QED) is 0.462. The summed E-state index contributed by atoms with van der Waals surface area (Å²) >= 11 is 0. The predicted molar refractivity (Wildman–Crippen MR) is 118 cm³/mol. The molecule has 0 aliphatic heterocycles. The molecule has 0 saturated heterocycles. The molecule has 4 rings (SSSR count). The molecule has 0 fully saturated rings. The SMILES string of the molecule is COc1ccc(OC2=CC(=O)C(=O)C=C2NC(c2ccccc2)c2ccccc2)cc1. The molecule has 0 unspecified atom stereocenters. The summed E-state index contributed by atoms with van der Waals surface area (Å²) in [4.78, 5) is 24.2. The topological polar surface area (TPSA) is 64.6 Å². The number of carbonyl (C=O) groups is 2. The second kappa shape index (κ2) is 9.13. The van der Waals surface area contributed by atoms with Gasteiger partial charge >= 0.3 is 0 Å². The van der Waals surface area contributed by atoms with Gasteiger partial charge in [-0.25, -0.2) is 0 Å². The fourth-order valence-electron chi connectivity index (χ4n) is 3.31. The molecule has 0 aromatic heterocycles. The summed E-state index contributed by atoms with van der Waals surface area (Å²) in [6.07, 6.45) is 2.52. The average molecular weight is 411 g/mol. The molecule has 31 heavy (non-hydrogen) atoms. The van der Waals surface area contributed by atoms with E-state index in [9.17, 15) is 9.59 Å². The number of benzene rings is 3. The van der Waals surface area contributed by atoms with E-state index in [1.54, 1.807) is 31.4 Å². The fraction of sp³-hybridized carbons (Fsp3) is 0.0769. The van der Waals surface area contributed by atoms with Gasteiger partial charge in [0, 0.05) is 12.2 Å². The van der Waals surface area contributed by atoms with E-state index in [4.69, 9.17) is 9.47 Å². The Bertz CT molecular complexity index is 1090. The summed E-state index contributed by atoms with van der Waals surface area (Å²) in [6.45, 7) is 0. The minimum absolute atomic E-state index is 0.238. The number of ketones is 2. The molecule has 5 nitrogen and oxygen atoms in total. The van der Waals surface area contributed by atoms with Crippen LogP contribution in [-0.2, 0) is 9.59 Å². The molecule has 1 aliphatic carbocycles. The van der Waals surface area contributed by atoms with Crippen LogP contribution in [0.2, 0.25) is 0 Å². The lowest BCUT2D eigenvalue weighted by molar-refractivity contribution is -0.131. The number of methoxy groups -OCH3 is 1. The molecule has 1 N–H and O–H groups in total. The zero-order valence-electron chi connectivity index (χ0n) is 16.9. The number of nitrogens with one attached hydrogen (secondary N) is 1. The van der Waals surface area contributed by atoms with E-state index < -0.39 is 11.6 Å². The lowest BCUT2D eigenvalue weighted by Gasteiger charge is -2.25. The summed E-state index contributed by atoms with van der Waals surface area (Å²) in [5.74, 6) is 0.289. The van der Waals surface area contributed by atoms with Gasteiger partial charge in [-0.3, -0.25) is 9.59 Å². The Morgan fingerprint density at radius 2 is 1.19 bits per heavy atom. The molecule has 3 aromatic carbocycles. The van der Waals surface area contributed by atoms with Gasteiger partial charge in [0.05, 0.1) is 18.8 Å². The first-order chi connectivity index (χ1) is 15.1. The molecule has 0 atom stereocenters. The Hall–Kier alpha value is -4.12. The molecule has 0 spiro atoms. The second-order valence-electron chi connectivity index (χ2n) is 6.97. The first kappa shape index (κ1) is 20.2. The smallest absolute Gasteiger partial charge is 0.229 e. The monoisotopic (exact) mass is 411 g/mol. The van der Waals surface area contributed by atoms with Crippen LogP contribution in [0.5, 0.6) is 11.5 Å². The van der Waals surface area contributed by atoms with Crippen molar-refractivity contribution >= 4 is 11.6 Å². The molecule has 0 saturated carbocycles. The van der Waals surface area contributed by atoms with Gasteiger partial charge in [-0.1, -0.05) is 60.7 Å². The second-order valence-corrected chi connectivity index (χ2v) is 6.97. The number of hydrogen-bond donors (Lipinski definition) is 1. The summed E-state index contributed by atoms with van der Waals surface area (Å²) in [6, 6.07) is 26.5. The number of allylic oxidation sites excluding steroid dienone is 2. The van der Waals surface area contributed by atoms with Crippen molar-refractivity contribution in [2.24, 2.45) is 0 Å². The van der Waals surface area contributed by atoms with Gasteiger partial charge in [-0.15, -0.1) is 0 Å². The van der Waals surface area contributed by atoms with Gasteiger partial charge in [-0.2, -0.15) is 0 Å². The van der Waals surface area contributed by atoms with Gasteiger partial charge in [0.15, 0.2) is 5.76 Å². The van der Waals surface area contributed by atoms with Crippen LogP contribution in [0.15, 0.2) is 109 Å². The first-order valence-corrected chi connectivity index (χ1v) is 9.84. The van der Waals surface area contributed by atoms with Crippen molar-refractivity contribution in [3.63, 3.8) is 0 Å². The van der Waals surface area contributed by atoms with Crippen LogP contribution in [-0.4, -0.2) is 18.7 Å². The predicted octanol–water partition coefficient (Wildman–Crippen LogP) is 4.37. The highest BCUT2D eigenvalue weighted by atomic mass is 16.5. The van der Waals surface area contributed by atoms with Crippen molar-refractivity contribution in [1.29, 1.82) is 0 Å². The molecule has 0 bridgehead atoms. The van der Waals surface area contributed by atoms with Crippen molar-refractivity contribution in [1.82, 2.24) is 5.32 Å². The van der Waals surface area contributed by atoms with Crippen LogP contribution in [0.25, 0.3) is 0 Å². The molecule has 1 aliphatic rings. The molecule has 3 aromatic rings. The van der Waals surface area contributed by atoms with Crippen molar-refractivity contribution in [3.05, 3.63) is 120 Å². The molecular weight excluding hydrogens is 390 g/mol. The van der Waals surface area contributed by atoms with Crippen molar-refractivity contribution in [2.45, 2.75) is 6.04 Å². The highest BCUT2D eigenvalue weighted by Crippen LogP contribution is 2.28. The average Bonchev–Trinajstić information content (AvgIpc) is 2.82. The third-order valence-corrected chi connectivity index (χ3v) is 4.90. The van der Waals surface area contributed by atoms with Crippen molar-refractivity contribution < 1.29 is 19.1 Å². The fourth-order valence-corrected chi connectivity index (χ4v) is 3.31. The highest BCUT2D eigenvalue weighted by Gasteiger charge is 2.25. The zero-order chi connectivity index (χ0) is 21.6. The lowest BCUT2D eigenvalue weighted by atomic mass is 9.97. The third-order valence-electron chi connectivity index (χ3n) is 4.90. The van der Waals surface area contributed by atoms with Crippen LogP contribution < -0.4 is 14.8 Å². The molecule has 154 valence electrons. The van der Waals surface area contributed by atoms with Crippen molar-refractivity contribution in [2.75, 3.05) is 7.11 Å². The van der Waals surface area contributed by atoms with E-state index in [1.165, 1.54) is 12.2 Å². The molecule has 0 amide bonds. The summed E-state index contributed by atoms with van der Waals surface area (Å²) in [7, 11) is 1.59. The molecule has 5 heteroatoms. The molecule has 0 radical (unpaired) electrons. The Balaban J connectivity index is 1.66. The standard InChI is InChI=1S/C26H21NO4/c1-30-20-12-14-21(15-13-20)31-25-17-24(29)23(28)16-22(25)27-26(18-8-4-2-5-9-18)19-10-6-3-7-11-19/h2-17,26-27H,1H3. The Morgan fingerprint density at radius 3 is 1.74 bits per heavy atom. The summed E-state index contributed by atoms with van der Waals surface area (Å²) in [5.41, 5.74) is 2.48. The highest BCUT2D eigenvalue weighted by molar-refractivity contribution is 6.46. The Labute approximate surface area is 180 Å². The normalized spacial score (nSPS) is 13.5. The number of rotatable bonds is 7. The number of hydrogen-bond acceptors (Lipinski definition) is 5. The summed E-state index contributed by atoms with van der Waals surface area (Å²) < 4.78 is 11.1. The summed E-state index contributed by atoms with van der Waals surface area (Å²) in [5, 5.41) is 3.40. The lowest BCUT2D eigenvalue weighted by Crippen LogP contribution is -2.29. The molecule has 0 heterocycles. The third kappa shape index (κ3) is 4.73. The first-order valence-electron chi connectivity index (χ1n) is 9.84. The number of carbonyl (C=O) groups excluding carboxylic acids is 2. The Kier molecular flexibility index (Phi) is 5.94. The van der Waals surface area contributed by atoms with E-state index in [-0.39, 0.29) is 11.8 Å². The maximum atomic E-state index is 12.2. The van der Waals surface area contributed by atoms with Crippen LogP contribution in [0.3, 0.4) is 0 Å². The van der Waals surface area contributed by atoms with Crippen molar-refractivity contribution in [3.8, 4) is 11.5 Å². The van der Waals surface area contributed by atoms with Gasteiger partial charge < -0.3 is 14.8 Å². The van der Waals surface area contributed by atoms with Crippen LogP contribution in [0.4, 0.5) is 0 Å². The van der Waals surface area contributed by atoms with E-state index in [1.807, 2.05) is 60.7 Å².